The molecular formula is C18H23N3O5S. The summed E-state index contributed by atoms with van der Waals surface area (Å²) in [6.45, 7) is 1.84. The summed E-state index contributed by atoms with van der Waals surface area (Å²) in [6, 6.07) is 8.90. The van der Waals surface area contributed by atoms with E-state index in [1.807, 2.05) is 0 Å². The number of carbonyl (C=O) groups is 1. The van der Waals surface area contributed by atoms with E-state index < -0.39 is 22.0 Å². The van der Waals surface area contributed by atoms with E-state index in [0.717, 1.165) is 0 Å². The number of methoxy groups -OCH3 is 1. The highest BCUT2D eigenvalue weighted by Gasteiger charge is 2.32. The number of aromatic nitrogens is 1. The number of sulfonamides is 1. The van der Waals surface area contributed by atoms with E-state index in [1.165, 1.54) is 23.5 Å². The van der Waals surface area contributed by atoms with Gasteiger partial charge in [0.15, 0.2) is 0 Å². The van der Waals surface area contributed by atoms with Gasteiger partial charge in [-0.15, -0.1) is 0 Å². The third kappa shape index (κ3) is 5.25. The predicted octanol–water partition coefficient (Wildman–Crippen LogP) is 1.96. The Morgan fingerprint density at radius 3 is 2.52 bits per heavy atom. The number of carbonyl (C=O) groups excluding carboxylic acids is 1. The van der Waals surface area contributed by atoms with Crippen molar-refractivity contribution in [1.29, 1.82) is 0 Å². The molecule has 0 aliphatic rings. The van der Waals surface area contributed by atoms with Crippen LogP contribution in [-0.4, -0.2) is 42.0 Å². The van der Waals surface area contributed by atoms with E-state index in [4.69, 9.17) is 9.94 Å². The summed E-state index contributed by atoms with van der Waals surface area (Å²) in [5.74, 6) is -0.109. The van der Waals surface area contributed by atoms with Crippen LogP contribution in [0.25, 0.3) is 0 Å². The zero-order valence-electron chi connectivity index (χ0n) is 15.2. The number of nitrogens with one attached hydrogen (secondary N) is 1. The Bertz CT molecular complexity index is 841. The number of amides is 1. The lowest BCUT2D eigenvalue weighted by Gasteiger charge is -2.30. The van der Waals surface area contributed by atoms with Crippen molar-refractivity contribution in [3.05, 3.63) is 54.4 Å². The normalized spacial score (nSPS) is 12.6. The van der Waals surface area contributed by atoms with Crippen LogP contribution in [0.2, 0.25) is 0 Å². The zero-order chi connectivity index (χ0) is 19.9. The summed E-state index contributed by atoms with van der Waals surface area (Å²) in [6.07, 6.45) is 3.41. The second-order valence-electron chi connectivity index (χ2n) is 5.89. The fraction of sp³-hybridized carbons (Fsp3) is 0.333. The van der Waals surface area contributed by atoms with Crippen LogP contribution in [0, 0.1) is 0 Å². The molecule has 27 heavy (non-hydrogen) atoms. The van der Waals surface area contributed by atoms with Crippen LogP contribution in [0.5, 0.6) is 5.75 Å². The van der Waals surface area contributed by atoms with Crippen molar-refractivity contribution in [2.24, 2.45) is 0 Å². The molecule has 8 nitrogen and oxygen atoms in total. The van der Waals surface area contributed by atoms with Crippen LogP contribution in [0.15, 0.2) is 53.7 Å². The van der Waals surface area contributed by atoms with Crippen molar-refractivity contribution in [2.75, 3.05) is 7.11 Å². The zero-order valence-corrected chi connectivity index (χ0v) is 16.0. The predicted molar refractivity (Wildman–Crippen MR) is 98.6 cm³/mol. The number of rotatable bonds is 9. The molecule has 0 bridgehead atoms. The highest BCUT2D eigenvalue weighted by molar-refractivity contribution is 7.89. The molecule has 2 N–H and O–H groups in total. The largest absolute Gasteiger partial charge is 0.497 e. The maximum atomic E-state index is 13.3. The first-order valence-corrected chi connectivity index (χ1v) is 9.84. The number of nitrogens with zero attached hydrogens (tertiary/aromatic N) is 2. The van der Waals surface area contributed by atoms with Gasteiger partial charge in [-0.3, -0.25) is 15.0 Å². The molecule has 0 spiro atoms. The average molecular weight is 393 g/mol. The Morgan fingerprint density at radius 2 is 2.00 bits per heavy atom. The van der Waals surface area contributed by atoms with Gasteiger partial charge in [0.2, 0.25) is 15.9 Å². The lowest BCUT2D eigenvalue weighted by Crippen LogP contribution is -2.42. The molecule has 0 aliphatic carbocycles. The number of ether oxygens (including phenoxy) is 1. The van der Waals surface area contributed by atoms with E-state index in [2.05, 4.69) is 4.98 Å². The quantitative estimate of drug-likeness (QED) is 0.498. The number of hydroxylamine groups is 1. The molecule has 146 valence electrons. The number of pyridine rings is 1. The Labute approximate surface area is 158 Å². The fourth-order valence-electron chi connectivity index (χ4n) is 2.67. The summed E-state index contributed by atoms with van der Waals surface area (Å²) < 4.78 is 32.9. The third-order valence-electron chi connectivity index (χ3n) is 4.15. The van der Waals surface area contributed by atoms with Gasteiger partial charge in [-0.05, 0) is 42.3 Å². The fourth-order valence-corrected chi connectivity index (χ4v) is 4.36. The third-order valence-corrected chi connectivity index (χ3v) is 6.06. The van der Waals surface area contributed by atoms with Crippen molar-refractivity contribution in [3.63, 3.8) is 0 Å². The summed E-state index contributed by atoms with van der Waals surface area (Å²) in [5.41, 5.74) is 2.26. The van der Waals surface area contributed by atoms with Gasteiger partial charge in [-0.2, -0.15) is 4.31 Å². The molecule has 1 atom stereocenters. The van der Waals surface area contributed by atoms with Crippen molar-refractivity contribution in [3.8, 4) is 5.75 Å². The maximum absolute atomic E-state index is 13.3. The first-order valence-electron chi connectivity index (χ1n) is 8.40. The van der Waals surface area contributed by atoms with Gasteiger partial charge in [0.1, 0.15) is 5.75 Å². The van der Waals surface area contributed by atoms with E-state index in [-0.39, 0.29) is 17.9 Å². The maximum Gasteiger partial charge on any atom is 0.244 e. The van der Waals surface area contributed by atoms with Gasteiger partial charge in [-0.25, -0.2) is 13.9 Å². The van der Waals surface area contributed by atoms with Crippen LogP contribution in [-0.2, 0) is 21.4 Å². The number of hydrogen-bond donors (Lipinski definition) is 2. The molecule has 0 saturated carbocycles. The van der Waals surface area contributed by atoms with E-state index >= 15 is 0 Å². The summed E-state index contributed by atoms with van der Waals surface area (Å²) in [4.78, 5) is 15.8. The Morgan fingerprint density at radius 1 is 1.30 bits per heavy atom. The molecule has 0 aliphatic heterocycles. The Balaban J connectivity index is 2.43. The van der Waals surface area contributed by atoms with Gasteiger partial charge < -0.3 is 4.74 Å². The van der Waals surface area contributed by atoms with E-state index in [0.29, 0.717) is 17.7 Å². The van der Waals surface area contributed by atoms with Gasteiger partial charge in [0.05, 0.1) is 12.0 Å². The summed E-state index contributed by atoms with van der Waals surface area (Å²) >= 11 is 0. The summed E-state index contributed by atoms with van der Waals surface area (Å²) in [7, 11) is -2.40. The minimum Gasteiger partial charge on any atom is -0.497 e. The van der Waals surface area contributed by atoms with E-state index in [1.54, 1.807) is 49.1 Å². The lowest BCUT2D eigenvalue weighted by molar-refractivity contribution is -0.130. The first kappa shape index (κ1) is 20.8. The molecule has 2 rings (SSSR count). The monoisotopic (exact) mass is 393 g/mol. The second-order valence-corrected chi connectivity index (χ2v) is 7.78. The standard InChI is InChI=1S/C18H23N3O5S/c1-3-15(11-18(22)20-23)21(13-14-5-4-10-19-12-14)27(24,25)17-8-6-16(26-2)7-9-17/h4-10,12,15,23H,3,11,13H2,1-2H3,(H,20,22)/t15-/m0/s1. The number of hydrogen-bond acceptors (Lipinski definition) is 6. The molecule has 1 aromatic carbocycles. The van der Waals surface area contributed by atoms with Crippen molar-refractivity contribution < 1.29 is 23.2 Å². The molecule has 0 fully saturated rings. The first-order chi connectivity index (χ1) is 12.9. The van der Waals surface area contributed by atoms with Gasteiger partial charge in [0, 0.05) is 31.4 Å². The van der Waals surface area contributed by atoms with Crippen LogP contribution < -0.4 is 10.2 Å². The smallest absolute Gasteiger partial charge is 0.244 e. The minimum absolute atomic E-state index is 0.0550. The molecule has 1 aromatic heterocycles. The highest BCUT2D eigenvalue weighted by atomic mass is 32.2. The van der Waals surface area contributed by atoms with Crippen LogP contribution >= 0.6 is 0 Å². The molecule has 9 heteroatoms. The minimum atomic E-state index is -3.90. The van der Waals surface area contributed by atoms with Gasteiger partial charge in [0.25, 0.3) is 0 Å². The van der Waals surface area contributed by atoms with Crippen LogP contribution in [0.1, 0.15) is 25.3 Å². The SMILES string of the molecule is CC[C@@H](CC(=O)NO)N(Cc1cccnc1)S(=O)(=O)c1ccc(OC)cc1. The van der Waals surface area contributed by atoms with Gasteiger partial charge in [-0.1, -0.05) is 13.0 Å². The Hall–Kier alpha value is -2.49. The lowest BCUT2D eigenvalue weighted by atomic mass is 10.1. The van der Waals surface area contributed by atoms with Crippen molar-refractivity contribution >= 4 is 15.9 Å². The van der Waals surface area contributed by atoms with Crippen LogP contribution in [0.3, 0.4) is 0 Å². The van der Waals surface area contributed by atoms with E-state index in [9.17, 15) is 13.2 Å². The molecule has 1 amide bonds. The molecule has 0 saturated heterocycles. The molecule has 1 heterocycles. The highest BCUT2D eigenvalue weighted by Crippen LogP contribution is 2.25. The van der Waals surface area contributed by atoms with Crippen molar-refractivity contribution in [1.82, 2.24) is 14.8 Å². The molecule has 0 radical (unpaired) electrons. The average Bonchev–Trinajstić information content (AvgIpc) is 2.71. The summed E-state index contributed by atoms with van der Waals surface area (Å²) in [5, 5.41) is 8.84. The van der Waals surface area contributed by atoms with Crippen molar-refractivity contribution in [2.45, 2.75) is 37.2 Å². The molecular weight excluding hydrogens is 370 g/mol. The number of benzene rings is 1. The van der Waals surface area contributed by atoms with Crippen LogP contribution in [0.4, 0.5) is 0 Å². The molecule has 2 aromatic rings. The van der Waals surface area contributed by atoms with Gasteiger partial charge >= 0.3 is 0 Å². The Kier molecular flexibility index (Phi) is 7.28. The topological polar surface area (TPSA) is 109 Å². The molecule has 0 unspecified atom stereocenters. The second kappa shape index (κ2) is 9.45.